The second-order valence-corrected chi connectivity index (χ2v) is 12.4. The van der Waals surface area contributed by atoms with E-state index in [4.69, 9.17) is 37.4 Å². The number of benzene rings is 2. The molecule has 14 heteroatoms. The first-order valence-electron chi connectivity index (χ1n) is 15.9. The Morgan fingerprint density at radius 2 is 1.76 bits per heavy atom. The van der Waals surface area contributed by atoms with Crippen LogP contribution in [0.4, 0.5) is 0 Å². The molecule has 0 saturated heterocycles. The van der Waals surface area contributed by atoms with E-state index >= 15 is 0 Å². The van der Waals surface area contributed by atoms with Crippen molar-refractivity contribution in [1.29, 1.82) is 0 Å². The summed E-state index contributed by atoms with van der Waals surface area (Å²) in [6.45, 7) is 1.26. The molecule has 49 heavy (non-hydrogen) atoms. The third-order valence-corrected chi connectivity index (χ3v) is 8.82. The van der Waals surface area contributed by atoms with Crippen LogP contribution in [0.25, 0.3) is 0 Å². The third kappa shape index (κ3) is 10.1. The molecule has 0 aliphatic carbocycles. The highest BCUT2D eigenvalue weighted by Crippen LogP contribution is 2.32. The first-order valence-corrected chi connectivity index (χ1v) is 16.7. The standard InChI is InChI=1S/C35H40Cl2N4O8/c1-3-48-34(46)35(13-7-17-47-2)19-24-8-4-9-25(18-24)49-22-31(43)38-14-16-41(21-30(42)39-23-35)33(45)26-10-6-15-40(32(26)44)20-27-28(36)11-5-12-29(27)37/h4-6,8-12,15,18H,3,7,13-14,16-17,19-23H2,1-2H3,(H,38,43)(H,39,42). The van der Waals surface area contributed by atoms with E-state index in [0.29, 0.717) is 40.8 Å². The number of pyridine rings is 1. The molecule has 2 bridgehead atoms. The summed E-state index contributed by atoms with van der Waals surface area (Å²) in [6, 6.07) is 14.9. The molecular formula is C35H40Cl2N4O8. The number of carbonyl (C=O) groups is 4. The molecule has 0 fully saturated rings. The number of aromatic nitrogens is 1. The van der Waals surface area contributed by atoms with Crippen molar-refractivity contribution in [2.75, 3.05) is 53.1 Å². The average Bonchev–Trinajstić information content (AvgIpc) is 3.08. The summed E-state index contributed by atoms with van der Waals surface area (Å²) in [5, 5.41) is 6.26. The lowest BCUT2D eigenvalue weighted by Gasteiger charge is -2.32. The lowest BCUT2D eigenvalue weighted by atomic mass is 9.77. The van der Waals surface area contributed by atoms with Crippen molar-refractivity contribution in [3.63, 3.8) is 0 Å². The average molecular weight is 716 g/mol. The number of fused-ring (bicyclic) bond motifs is 2. The fraction of sp³-hybridized carbons (Fsp3) is 0.400. The molecule has 1 unspecified atom stereocenters. The Labute approximate surface area is 294 Å². The second kappa shape index (κ2) is 17.8. The number of amides is 3. The molecule has 1 aliphatic heterocycles. The number of hydrogen-bond donors (Lipinski definition) is 2. The minimum atomic E-state index is -1.18. The van der Waals surface area contributed by atoms with Crippen LogP contribution >= 0.6 is 23.2 Å². The van der Waals surface area contributed by atoms with E-state index in [1.807, 2.05) is 6.07 Å². The predicted octanol–water partition coefficient (Wildman–Crippen LogP) is 3.49. The maximum atomic E-state index is 13.9. The van der Waals surface area contributed by atoms with E-state index in [9.17, 15) is 24.0 Å². The third-order valence-electron chi connectivity index (χ3n) is 8.11. The number of nitrogens with zero attached hydrogens (tertiary/aromatic N) is 2. The summed E-state index contributed by atoms with van der Waals surface area (Å²) in [6.07, 6.45) is 2.54. The number of carbonyl (C=O) groups excluding carboxylic acids is 4. The second-order valence-electron chi connectivity index (χ2n) is 11.6. The van der Waals surface area contributed by atoms with E-state index < -0.39 is 41.2 Å². The summed E-state index contributed by atoms with van der Waals surface area (Å²) >= 11 is 12.6. The van der Waals surface area contributed by atoms with Crippen molar-refractivity contribution in [2.24, 2.45) is 5.41 Å². The van der Waals surface area contributed by atoms with Gasteiger partial charge in [-0.1, -0.05) is 41.4 Å². The van der Waals surface area contributed by atoms with Gasteiger partial charge in [-0.3, -0.25) is 24.0 Å². The molecule has 0 radical (unpaired) electrons. The van der Waals surface area contributed by atoms with Crippen LogP contribution in [-0.4, -0.2) is 86.3 Å². The van der Waals surface area contributed by atoms with Gasteiger partial charge in [-0.05, 0) is 68.1 Å². The van der Waals surface area contributed by atoms with Crippen LogP contribution in [0.3, 0.4) is 0 Å². The molecule has 4 rings (SSSR count). The van der Waals surface area contributed by atoms with Crippen LogP contribution in [0.2, 0.25) is 10.0 Å². The number of rotatable bonds is 9. The Morgan fingerprint density at radius 1 is 1.00 bits per heavy atom. The maximum Gasteiger partial charge on any atom is 0.314 e. The lowest BCUT2D eigenvalue weighted by molar-refractivity contribution is -0.156. The summed E-state index contributed by atoms with van der Waals surface area (Å²) in [7, 11) is 1.56. The zero-order valence-corrected chi connectivity index (χ0v) is 29.0. The molecule has 2 aromatic carbocycles. The summed E-state index contributed by atoms with van der Waals surface area (Å²) in [5.74, 6) is -1.81. The zero-order chi connectivity index (χ0) is 35.4. The molecule has 2 heterocycles. The minimum Gasteiger partial charge on any atom is -0.484 e. The van der Waals surface area contributed by atoms with Gasteiger partial charge in [0.05, 0.1) is 25.1 Å². The Balaban J connectivity index is 1.65. The van der Waals surface area contributed by atoms with E-state index in [-0.39, 0.29) is 51.4 Å². The van der Waals surface area contributed by atoms with Gasteiger partial charge in [0.2, 0.25) is 5.91 Å². The number of halogens is 2. The molecule has 2 N–H and O–H groups in total. The van der Waals surface area contributed by atoms with E-state index in [1.165, 1.54) is 27.8 Å². The molecule has 12 nitrogen and oxygen atoms in total. The molecule has 3 amide bonds. The van der Waals surface area contributed by atoms with Crippen LogP contribution < -0.4 is 20.9 Å². The van der Waals surface area contributed by atoms with Gasteiger partial charge < -0.3 is 34.3 Å². The number of ether oxygens (including phenoxy) is 3. The van der Waals surface area contributed by atoms with Gasteiger partial charge in [-0.2, -0.15) is 0 Å². The SMILES string of the molecule is CCOC(=O)C1(CCCOC)CNC(=O)CN(C(=O)c2cccn(Cc3c(Cl)cccc3Cl)c2=O)CCNC(=O)COc2cccc(c2)C1. The topological polar surface area (TPSA) is 145 Å². The van der Waals surface area contributed by atoms with Crippen molar-refractivity contribution >= 4 is 46.9 Å². The zero-order valence-electron chi connectivity index (χ0n) is 27.5. The van der Waals surface area contributed by atoms with Gasteiger partial charge in [0.1, 0.15) is 11.3 Å². The monoisotopic (exact) mass is 714 g/mol. The Hall–Kier alpha value is -4.39. The first kappa shape index (κ1) is 37.4. The fourth-order valence-corrected chi connectivity index (χ4v) is 6.11. The summed E-state index contributed by atoms with van der Waals surface area (Å²) in [4.78, 5) is 68.4. The van der Waals surface area contributed by atoms with Gasteiger partial charge in [0, 0.05) is 55.2 Å². The number of esters is 1. The Kier molecular flexibility index (Phi) is 13.6. The fourth-order valence-electron chi connectivity index (χ4n) is 5.59. The molecular weight excluding hydrogens is 675 g/mol. The summed E-state index contributed by atoms with van der Waals surface area (Å²) in [5.41, 5.74) is -0.747. The van der Waals surface area contributed by atoms with E-state index in [1.54, 1.807) is 50.4 Å². The van der Waals surface area contributed by atoms with Gasteiger partial charge >= 0.3 is 5.97 Å². The Bertz CT molecular complexity index is 1690. The number of nitrogens with one attached hydrogen (secondary N) is 2. The molecule has 1 aliphatic rings. The maximum absolute atomic E-state index is 13.9. The highest BCUT2D eigenvalue weighted by molar-refractivity contribution is 6.36. The lowest BCUT2D eigenvalue weighted by Crippen LogP contribution is -2.50. The minimum absolute atomic E-state index is 0.00999. The van der Waals surface area contributed by atoms with Gasteiger partial charge in [0.25, 0.3) is 17.4 Å². The Morgan fingerprint density at radius 3 is 2.49 bits per heavy atom. The van der Waals surface area contributed by atoms with Crippen LogP contribution in [0.5, 0.6) is 5.75 Å². The smallest absolute Gasteiger partial charge is 0.314 e. The van der Waals surface area contributed by atoms with Crippen molar-refractivity contribution < 1.29 is 33.4 Å². The predicted molar refractivity (Wildman–Crippen MR) is 184 cm³/mol. The summed E-state index contributed by atoms with van der Waals surface area (Å²) < 4.78 is 17.8. The van der Waals surface area contributed by atoms with E-state index in [2.05, 4.69) is 10.6 Å². The first-order chi connectivity index (χ1) is 23.6. The van der Waals surface area contributed by atoms with Crippen LogP contribution in [0, 0.1) is 5.41 Å². The highest BCUT2D eigenvalue weighted by atomic mass is 35.5. The van der Waals surface area contributed by atoms with E-state index in [0.717, 1.165) is 5.56 Å². The number of methoxy groups -OCH3 is 1. The van der Waals surface area contributed by atoms with Crippen molar-refractivity contribution in [1.82, 2.24) is 20.1 Å². The van der Waals surface area contributed by atoms with Crippen LogP contribution in [0.15, 0.2) is 65.6 Å². The largest absolute Gasteiger partial charge is 0.484 e. The van der Waals surface area contributed by atoms with Crippen LogP contribution in [-0.2, 0) is 36.8 Å². The van der Waals surface area contributed by atoms with Crippen molar-refractivity contribution in [2.45, 2.75) is 32.7 Å². The van der Waals surface area contributed by atoms with Gasteiger partial charge in [0.15, 0.2) is 6.61 Å². The van der Waals surface area contributed by atoms with Crippen LogP contribution in [0.1, 0.15) is 41.3 Å². The highest BCUT2D eigenvalue weighted by Gasteiger charge is 2.40. The molecule has 0 saturated carbocycles. The van der Waals surface area contributed by atoms with Gasteiger partial charge in [-0.15, -0.1) is 0 Å². The molecule has 0 spiro atoms. The quantitative estimate of drug-likeness (QED) is 0.253. The molecule has 1 atom stereocenters. The molecule has 262 valence electrons. The van der Waals surface area contributed by atoms with Crippen molar-refractivity contribution in [3.8, 4) is 5.75 Å². The number of hydrogen-bond acceptors (Lipinski definition) is 8. The van der Waals surface area contributed by atoms with Gasteiger partial charge in [-0.25, -0.2) is 0 Å². The normalized spacial score (nSPS) is 17.4. The molecule has 1 aromatic heterocycles. The van der Waals surface area contributed by atoms with Crippen molar-refractivity contribution in [3.05, 3.63) is 97.9 Å². The molecule has 3 aromatic rings.